The van der Waals surface area contributed by atoms with Gasteiger partial charge in [-0.2, -0.15) is 0 Å². The van der Waals surface area contributed by atoms with E-state index in [1.54, 1.807) is 0 Å². The van der Waals surface area contributed by atoms with Gasteiger partial charge in [0, 0.05) is 12.5 Å². The number of carbonyl (C=O) groups excluding carboxylic acids is 1. The van der Waals surface area contributed by atoms with Crippen molar-refractivity contribution in [2.24, 2.45) is 11.8 Å². The summed E-state index contributed by atoms with van der Waals surface area (Å²) in [6.45, 7) is 16.4. The molecule has 3 atom stereocenters. The quantitative estimate of drug-likeness (QED) is 0.273. The Hall–Kier alpha value is -2.55. The summed E-state index contributed by atoms with van der Waals surface area (Å²) in [5.74, 6) is 2.30. The van der Waals surface area contributed by atoms with Gasteiger partial charge in [-0.05, 0) is 43.1 Å². The minimum atomic E-state index is -2.70. The molecule has 0 aliphatic rings. The number of hydrogen-bond donors (Lipinski definition) is 0. The minimum Gasteiger partial charge on any atom is -0.429 e. The molecule has 184 valence electrons. The van der Waals surface area contributed by atoms with Crippen LogP contribution in [-0.4, -0.2) is 32.8 Å². The highest BCUT2D eigenvalue weighted by atomic mass is 28.4. The van der Waals surface area contributed by atoms with Crippen LogP contribution in [0, 0.1) is 24.2 Å². The average Bonchev–Trinajstić information content (AvgIpc) is 2.76. The zero-order valence-corrected chi connectivity index (χ0v) is 22.9. The van der Waals surface area contributed by atoms with Crippen LogP contribution in [-0.2, 0) is 13.9 Å². The maximum atomic E-state index is 12.5. The van der Waals surface area contributed by atoms with Gasteiger partial charge in [-0.3, -0.25) is 0 Å². The summed E-state index contributed by atoms with van der Waals surface area (Å²) in [5.41, 5.74) is -0.643. The van der Waals surface area contributed by atoms with Gasteiger partial charge in [-0.15, -0.1) is 6.42 Å². The van der Waals surface area contributed by atoms with Crippen molar-refractivity contribution in [3.8, 4) is 12.3 Å². The number of rotatable bonds is 8. The van der Waals surface area contributed by atoms with Crippen molar-refractivity contribution in [2.45, 2.75) is 72.1 Å². The smallest absolute Gasteiger partial charge is 0.429 e. The molecule has 0 spiro atoms. The van der Waals surface area contributed by atoms with Crippen molar-refractivity contribution < 1.29 is 18.7 Å². The molecule has 0 aliphatic carbocycles. The zero-order chi connectivity index (χ0) is 25.6. The predicted octanol–water partition coefficient (Wildman–Crippen LogP) is 5.79. The number of hydrogen-bond acceptors (Lipinski definition) is 4. The number of terminal acetylenes is 1. The van der Waals surface area contributed by atoms with Crippen LogP contribution >= 0.6 is 0 Å². The molecule has 0 bridgehead atoms. The standard InChI is InChI=1S/C29H40O4Si/c1-10-22(2)26(32-27(30)33-28(4,5)6)23(3)21-31-34(29(7,8)9,24-17-13-11-14-18-24)25-19-15-12-16-20-25/h1,11-20,22-23,26H,21H2,2-9H3/t22-,23-,26-/m0/s1. The third-order valence-corrected chi connectivity index (χ3v) is 10.9. The summed E-state index contributed by atoms with van der Waals surface area (Å²) < 4.78 is 18.1. The zero-order valence-electron chi connectivity index (χ0n) is 21.9. The van der Waals surface area contributed by atoms with Crippen LogP contribution in [0.1, 0.15) is 55.4 Å². The van der Waals surface area contributed by atoms with Crippen LogP contribution < -0.4 is 10.4 Å². The van der Waals surface area contributed by atoms with Gasteiger partial charge < -0.3 is 13.9 Å². The Bertz CT molecular complexity index is 912. The van der Waals surface area contributed by atoms with Crippen LogP contribution in [0.2, 0.25) is 5.04 Å². The van der Waals surface area contributed by atoms with Gasteiger partial charge in [-0.25, -0.2) is 4.79 Å². The Kier molecular flexibility index (Phi) is 9.16. The average molecular weight is 481 g/mol. The largest absolute Gasteiger partial charge is 0.509 e. The van der Waals surface area contributed by atoms with Gasteiger partial charge >= 0.3 is 6.16 Å². The molecular formula is C29H40O4Si. The Morgan fingerprint density at radius 2 is 1.38 bits per heavy atom. The molecule has 0 amide bonds. The summed E-state index contributed by atoms with van der Waals surface area (Å²) in [5, 5.41) is 2.26. The van der Waals surface area contributed by atoms with Crippen molar-refractivity contribution in [1.82, 2.24) is 0 Å². The summed E-state index contributed by atoms with van der Waals surface area (Å²) in [7, 11) is -2.70. The van der Waals surface area contributed by atoms with Gasteiger partial charge in [0.15, 0.2) is 0 Å². The molecule has 2 rings (SSSR count). The van der Waals surface area contributed by atoms with Gasteiger partial charge in [0.1, 0.15) is 11.7 Å². The van der Waals surface area contributed by atoms with Crippen LogP contribution in [0.25, 0.3) is 0 Å². The van der Waals surface area contributed by atoms with Crippen molar-refractivity contribution in [1.29, 1.82) is 0 Å². The molecule has 0 heterocycles. The molecule has 4 nitrogen and oxygen atoms in total. The van der Waals surface area contributed by atoms with E-state index in [-0.39, 0.29) is 16.9 Å². The second-order valence-electron chi connectivity index (χ2n) is 11.0. The molecule has 0 unspecified atom stereocenters. The lowest BCUT2D eigenvalue weighted by Gasteiger charge is -2.44. The van der Waals surface area contributed by atoms with E-state index in [2.05, 4.69) is 75.2 Å². The maximum absolute atomic E-state index is 12.5. The van der Waals surface area contributed by atoms with Gasteiger partial charge in [0.2, 0.25) is 0 Å². The van der Waals surface area contributed by atoms with Crippen LogP contribution in [0.5, 0.6) is 0 Å². The maximum Gasteiger partial charge on any atom is 0.509 e. The molecule has 5 heteroatoms. The van der Waals surface area contributed by atoms with Crippen LogP contribution in [0.15, 0.2) is 60.7 Å². The molecule has 0 aliphatic heterocycles. The monoisotopic (exact) mass is 480 g/mol. The lowest BCUT2D eigenvalue weighted by Crippen LogP contribution is -2.67. The second kappa shape index (κ2) is 11.2. The summed E-state index contributed by atoms with van der Waals surface area (Å²) >= 11 is 0. The number of carbonyl (C=O) groups is 1. The third-order valence-electron chi connectivity index (χ3n) is 5.92. The lowest BCUT2D eigenvalue weighted by atomic mass is 9.94. The normalized spacial score (nSPS) is 15.0. The van der Waals surface area contributed by atoms with E-state index in [1.807, 2.05) is 46.8 Å². The molecule has 0 saturated carbocycles. The Morgan fingerprint density at radius 3 is 1.76 bits per heavy atom. The first-order valence-electron chi connectivity index (χ1n) is 11.9. The fourth-order valence-electron chi connectivity index (χ4n) is 4.30. The SMILES string of the molecule is C#C[C@H](C)[C@H](OC(=O)OC(C)(C)C)[C@@H](C)CO[Si](c1ccccc1)(c1ccccc1)C(C)(C)C. The Labute approximate surface area is 207 Å². The second-order valence-corrected chi connectivity index (χ2v) is 15.3. The molecule has 2 aromatic carbocycles. The molecule has 0 radical (unpaired) electrons. The minimum absolute atomic E-state index is 0.139. The summed E-state index contributed by atoms with van der Waals surface area (Å²) in [6.07, 6.45) is 4.49. The van der Waals surface area contributed by atoms with E-state index in [0.717, 1.165) is 0 Å². The first-order chi connectivity index (χ1) is 15.8. The van der Waals surface area contributed by atoms with E-state index >= 15 is 0 Å². The fourth-order valence-corrected chi connectivity index (χ4v) is 8.97. The van der Waals surface area contributed by atoms with Crippen molar-refractivity contribution in [3.63, 3.8) is 0 Å². The molecule has 34 heavy (non-hydrogen) atoms. The van der Waals surface area contributed by atoms with Crippen molar-refractivity contribution >= 4 is 24.8 Å². The predicted molar refractivity (Wildman–Crippen MR) is 142 cm³/mol. The van der Waals surface area contributed by atoms with E-state index < -0.39 is 26.2 Å². The molecular weight excluding hydrogens is 440 g/mol. The van der Waals surface area contributed by atoms with Gasteiger partial charge in [0.05, 0.1) is 5.92 Å². The highest BCUT2D eigenvalue weighted by Gasteiger charge is 2.50. The van der Waals surface area contributed by atoms with Crippen molar-refractivity contribution in [2.75, 3.05) is 6.61 Å². The molecule has 0 fully saturated rings. The van der Waals surface area contributed by atoms with E-state index in [4.69, 9.17) is 20.3 Å². The van der Waals surface area contributed by atoms with E-state index in [0.29, 0.717) is 6.61 Å². The molecule has 0 saturated heterocycles. The topological polar surface area (TPSA) is 44.8 Å². The lowest BCUT2D eigenvalue weighted by molar-refractivity contribution is -0.0504. The summed E-state index contributed by atoms with van der Waals surface area (Å²) in [6, 6.07) is 20.9. The van der Waals surface area contributed by atoms with Gasteiger partial charge in [-0.1, -0.05) is 94.3 Å². The summed E-state index contributed by atoms with van der Waals surface area (Å²) in [4.78, 5) is 12.5. The van der Waals surface area contributed by atoms with Crippen molar-refractivity contribution in [3.05, 3.63) is 60.7 Å². The highest BCUT2D eigenvalue weighted by Crippen LogP contribution is 2.37. The van der Waals surface area contributed by atoms with E-state index in [1.165, 1.54) is 10.4 Å². The first kappa shape index (κ1) is 27.7. The fraction of sp³-hybridized carbons (Fsp3) is 0.483. The molecule has 0 N–H and O–H groups in total. The number of benzene rings is 2. The Balaban J connectivity index is 2.41. The van der Waals surface area contributed by atoms with E-state index in [9.17, 15) is 4.79 Å². The number of ether oxygens (including phenoxy) is 2. The molecule has 0 aromatic heterocycles. The Morgan fingerprint density at radius 1 is 0.912 bits per heavy atom. The van der Waals surface area contributed by atoms with Crippen LogP contribution in [0.4, 0.5) is 4.79 Å². The third kappa shape index (κ3) is 6.74. The first-order valence-corrected chi connectivity index (χ1v) is 13.8. The van der Waals surface area contributed by atoms with Gasteiger partial charge in [0.25, 0.3) is 8.32 Å². The van der Waals surface area contributed by atoms with Crippen LogP contribution in [0.3, 0.4) is 0 Å². The highest BCUT2D eigenvalue weighted by molar-refractivity contribution is 6.99. The molecule has 2 aromatic rings.